The molecule has 2 heterocycles. The molecule has 0 spiro atoms. The Hall–Kier alpha value is -3.91. The molecule has 4 aromatic rings. The topological polar surface area (TPSA) is 117 Å². The van der Waals surface area contributed by atoms with Crippen LogP contribution < -0.4 is 18.9 Å². The maximum atomic E-state index is 12.7. The first-order valence-electron chi connectivity index (χ1n) is 10.4. The van der Waals surface area contributed by atoms with E-state index in [2.05, 4.69) is 20.0 Å². The van der Waals surface area contributed by atoms with E-state index in [-0.39, 0.29) is 23.9 Å². The van der Waals surface area contributed by atoms with Crippen LogP contribution in [0.5, 0.6) is 17.4 Å². The molecule has 0 atom stereocenters. The lowest BCUT2D eigenvalue weighted by Gasteiger charge is -2.11. The average Bonchev–Trinajstić information content (AvgIpc) is 3.29. The van der Waals surface area contributed by atoms with E-state index in [4.69, 9.17) is 14.2 Å². The van der Waals surface area contributed by atoms with E-state index in [1.165, 1.54) is 18.7 Å². The zero-order valence-corrected chi connectivity index (χ0v) is 19.8. The number of ether oxygens (including phenoxy) is 3. The highest BCUT2D eigenvalue weighted by atomic mass is 32.2. The quantitative estimate of drug-likeness (QED) is 0.333. The summed E-state index contributed by atoms with van der Waals surface area (Å²) in [6.45, 7) is -0.244. The molecular weight excluding hydrogens is 503 g/mol. The first-order valence-corrected chi connectivity index (χ1v) is 11.9. The number of hydrogen-bond acceptors (Lipinski definition) is 8. The van der Waals surface area contributed by atoms with Gasteiger partial charge in [-0.25, -0.2) is 13.1 Å². The number of aromatic nitrogens is 4. The number of nitrogens with one attached hydrogen (secondary N) is 1. The van der Waals surface area contributed by atoms with Crippen molar-refractivity contribution in [2.75, 3.05) is 27.4 Å². The summed E-state index contributed by atoms with van der Waals surface area (Å²) in [5.74, 6) is 1.65. The highest BCUT2D eigenvalue weighted by Gasteiger charge is 2.30. The Kier molecular flexibility index (Phi) is 6.99. The Labute approximate surface area is 203 Å². The summed E-state index contributed by atoms with van der Waals surface area (Å²) in [6, 6.07) is 11.5. The van der Waals surface area contributed by atoms with Crippen molar-refractivity contribution in [1.29, 1.82) is 0 Å². The summed E-state index contributed by atoms with van der Waals surface area (Å²) in [6.07, 6.45) is -4.55. The van der Waals surface area contributed by atoms with Gasteiger partial charge >= 0.3 is 6.18 Å². The second kappa shape index (κ2) is 9.99. The third-order valence-electron chi connectivity index (χ3n) is 5.02. The Bertz CT molecular complexity index is 1470. The minimum absolute atomic E-state index is 0.0955. The zero-order valence-electron chi connectivity index (χ0n) is 19.0. The molecule has 14 heteroatoms. The number of rotatable bonds is 9. The van der Waals surface area contributed by atoms with Gasteiger partial charge in [0.2, 0.25) is 15.9 Å². The third kappa shape index (κ3) is 5.33. The molecule has 0 aliphatic heterocycles. The van der Waals surface area contributed by atoms with Crippen molar-refractivity contribution in [3.05, 3.63) is 60.2 Å². The van der Waals surface area contributed by atoms with Crippen LogP contribution in [0.1, 0.15) is 5.56 Å². The lowest BCUT2D eigenvalue weighted by atomic mass is 10.2. The summed E-state index contributed by atoms with van der Waals surface area (Å²) in [7, 11) is -0.979. The van der Waals surface area contributed by atoms with Gasteiger partial charge in [0.05, 0.1) is 30.2 Å². The molecule has 2 aromatic carbocycles. The van der Waals surface area contributed by atoms with Crippen LogP contribution in [0.25, 0.3) is 17.0 Å². The molecule has 0 aliphatic rings. The van der Waals surface area contributed by atoms with Gasteiger partial charge in [0, 0.05) is 18.7 Å². The number of hydrogen-bond donors (Lipinski definition) is 1. The lowest BCUT2D eigenvalue weighted by Crippen LogP contribution is -2.28. The summed E-state index contributed by atoms with van der Waals surface area (Å²) >= 11 is 0. The van der Waals surface area contributed by atoms with Crippen LogP contribution in [0.4, 0.5) is 13.2 Å². The molecular formula is C22H20F3N5O5S. The van der Waals surface area contributed by atoms with Crippen LogP contribution in [0.15, 0.2) is 59.5 Å². The van der Waals surface area contributed by atoms with Gasteiger partial charge in [0.1, 0.15) is 18.1 Å². The van der Waals surface area contributed by atoms with Crippen molar-refractivity contribution in [3.8, 4) is 28.8 Å². The molecule has 0 unspecified atom stereocenters. The second-order valence-electron chi connectivity index (χ2n) is 7.30. The molecule has 0 fully saturated rings. The molecule has 190 valence electrons. The molecule has 0 saturated heterocycles. The molecule has 4 rings (SSSR count). The summed E-state index contributed by atoms with van der Waals surface area (Å²) in [5, 5.41) is 12.6. The molecule has 0 bridgehead atoms. The van der Waals surface area contributed by atoms with Crippen molar-refractivity contribution in [2.24, 2.45) is 0 Å². The first-order chi connectivity index (χ1) is 17.1. The van der Waals surface area contributed by atoms with Crippen molar-refractivity contribution in [1.82, 2.24) is 24.5 Å². The van der Waals surface area contributed by atoms with E-state index in [1.54, 1.807) is 30.3 Å². The van der Waals surface area contributed by atoms with Crippen LogP contribution in [-0.4, -0.2) is 55.6 Å². The monoisotopic (exact) mass is 523 g/mol. The van der Waals surface area contributed by atoms with Gasteiger partial charge in [-0.15, -0.1) is 15.3 Å². The molecule has 0 radical (unpaired) electrons. The molecule has 0 aliphatic carbocycles. The average molecular weight is 523 g/mol. The van der Waals surface area contributed by atoms with Crippen molar-refractivity contribution in [2.45, 2.75) is 11.1 Å². The van der Waals surface area contributed by atoms with Gasteiger partial charge in [-0.1, -0.05) is 0 Å². The van der Waals surface area contributed by atoms with E-state index in [0.29, 0.717) is 40.7 Å². The highest BCUT2D eigenvalue weighted by Crippen LogP contribution is 2.32. The number of alkyl halides is 3. The predicted molar refractivity (Wildman–Crippen MR) is 121 cm³/mol. The van der Waals surface area contributed by atoms with Crippen molar-refractivity contribution < 1.29 is 35.8 Å². The van der Waals surface area contributed by atoms with Gasteiger partial charge in [-0.2, -0.15) is 17.7 Å². The Morgan fingerprint density at radius 2 is 1.72 bits per heavy atom. The van der Waals surface area contributed by atoms with E-state index >= 15 is 0 Å². The van der Waals surface area contributed by atoms with Gasteiger partial charge < -0.3 is 14.2 Å². The van der Waals surface area contributed by atoms with E-state index < -0.39 is 21.8 Å². The Morgan fingerprint density at radius 1 is 0.972 bits per heavy atom. The molecule has 1 N–H and O–H groups in total. The minimum atomic E-state index is -4.55. The summed E-state index contributed by atoms with van der Waals surface area (Å²) < 4.78 is 82.7. The second-order valence-corrected chi connectivity index (χ2v) is 9.07. The summed E-state index contributed by atoms with van der Waals surface area (Å²) in [4.78, 5) is -0.294. The standard InChI is InChI=1S/C22H20F3N5O5S/c1-33-15-5-8-17(18(13-15)34-2)21-28-27-19-9-10-20(29-30(19)21)35-12-11-26-36(31,32)16-6-3-14(4-7-16)22(23,24)25/h3-10,13,26H,11-12H2,1-2H3. The maximum Gasteiger partial charge on any atom is 0.416 e. The van der Waals surface area contributed by atoms with Crippen molar-refractivity contribution >= 4 is 15.7 Å². The van der Waals surface area contributed by atoms with E-state index in [0.717, 1.165) is 12.1 Å². The van der Waals surface area contributed by atoms with Gasteiger partial charge in [0.15, 0.2) is 11.5 Å². The number of methoxy groups -OCH3 is 2. The molecule has 0 saturated carbocycles. The fourth-order valence-corrected chi connectivity index (χ4v) is 4.25. The molecule has 36 heavy (non-hydrogen) atoms. The van der Waals surface area contributed by atoms with Gasteiger partial charge in [-0.3, -0.25) is 0 Å². The minimum Gasteiger partial charge on any atom is -0.497 e. The predicted octanol–water partition coefficient (Wildman–Crippen LogP) is 3.18. The molecule has 2 aromatic heterocycles. The van der Waals surface area contributed by atoms with E-state index in [1.807, 2.05) is 0 Å². The fraction of sp³-hybridized carbons (Fsp3) is 0.227. The number of halogens is 3. The Morgan fingerprint density at radius 3 is 2.39 bits per heavy atom. The number of nitrogens with zero attached hydrogens (tertiary/aromatic N) is 4. The first kappa shape index (κ1) is 25.2. The maximum absolute atomic E-state index is 12.7. The number of sulfonamides is 1. The largest absolute Gasteiger partial charge is 0.497 e. The lowest BCUT2D eigenvalue weighted by molar-refractivity contribution is -0.137. The van der Waals surface area contributed by atoms with Crippen LogP contribution in [0.2, 0.25) is 0 Å². The van der Waals surface area contributed by atoms with E-state index in [9.17, 15) is 21.6 Å². The normalized spacial score (nSPS) is 12.0. The summed E-state index contributed by atoms with van der Waals surface area (Å²) in [5.41, 5.74) is 0.116. The fourth-order valence-electron chi connectivity index (χ4n) is 3.24. The van der Waals surface area contributed by atoms with Crippen molar-refractivity contribution in [3.63, 3.8) is 0 Å². The third-order valence-corrected chi connectivity index (χ3v) is 6.50. The zero-order chi connectivity index (χ0) is 25.9. The highest BCUT2D eigenvalue weighted by molar-refractivity contribution is 7.89. The van der Waals surface area contributed by atoms with Crippen LogP contribution >= 0.6 is 0 Å². The van der Waals surface area contributed by atoms with Crippen LogP contribution in [0.3, 0.4) is 0 Å². The van der Waals surface area contributed by atoms with Crippen LogP contribution in [-0.2, 0) is 16.2 Å². The van der Waals surface area contributed by atoms with Gasteiger partial charge in [-0.05, 0) is 42.5 Å². The molecule has 10 nitrogen and oxygen atoms in total. The number of benzene rings is 2. The smallest absolute Gasteiger partial charge is 0.416 e. The Balaban J connectivity index is 1.44. The van der Waals surface area contributed by atoms with Gasteiger partial charge in [0.25, 0.3) is 0 Å². The number of fused-ring (bicyclic) bond motifs is 1. The SMILES string of the molecule is COc1ccc(-c2nnc3ccc(OCCNS(=O)(=O)c4ccc(C(F)(F)F)cc4)nn23)c(OC)c1. The van der Waals surface area contributed by atoms with Crippen LogP contribution in [0, 0.1) is 0 Å². The molecule has 0 amide bonds.